The van der Waals surface area contributed by atoms with Gasteiger partial charge in [-0.05, 0) is 18.1 Å². The first-order valence-electron chi connectivity index (χ1n) is 6.53. The average molecular weight is 285 g/mol. The van der Waals surface area contributed by atoms with Gasteiger partial charge in [-0.1, -0.05) is 24.3 Å². The molecule has 0 radical (unpaired) electrons. The summed E-state index contributed by atoms with van der Waals surface area (Å²) >= 11 is 1.55. The van der Waals surface area contributed by atoms with Gasteiger partial charge in [-0.2, -0.15) is 5.10 Å². The molecule has 1 aromatic carbocycles. The maximum Gasteiger partial charge on any atom is 0.246 e. The summed E-state index contributed by atoms with van der Waals surface area (Å²) in [6, 6.07) is 8.28. The first-order valence-corrected chi connectivity index (χ1v) is 7.41. The molecule has 0 spiro atoms. The Morgan fingerprint density at radius 2 is 2.05 bits per heavy atom. The number of carbonyl (C=O) groups is 1. The molecule has 0 unspecified atom stereocenters. The van der Waals surface area contributed by atoms with Crippen LogP contribution in [-0.2, 0) is 24.1 Å². The Kier molecular flexibility index (Phi) is 3.60. The summed E-state index contributed by atoms with van der Waals surface area (Å²) in [5.74, 6) is -0.112. The highest BCUT2D eigenvalue weighted by Crippen LogP contribution is 2.19. The number of amides is 1. The molecule has 0 saturated heterocycles. The van der Waals surface area contributed by atoms with Crippen LogP contribution >= 0.6 is 11.3 Å². The number of fused-ring (bicyclic) bond motifs is 1. The average Bonchev–Trinajstić information content (AvgIpc) is 3.02. The van der Waals surface area contributed by atoms with Gasteiger partial charge in [-0.3, -0.25) is 4.79 Å². The van der Waals surface area contributed by atoms with Crippen molar-refractivity contribution in [3.63, 3.8) is 0 Å². The second-order valence-corrected chi connectivity index (χ2v) is 5.93. The fourth-order valence-corrected chi connectivity index (χ4v) is 2.93. The molecule has 1 aromatic heterocycles. The minimum Gasteiger partial charge on any atom is -0.273 e. The number of aryl methyl sites for hydroxylation is 1. The molecule has 0 atom stereocenters. The van der Waals surface area contributed by atoms with Crippen molar-refractivity contribution in [3.8, 4) is 0 Å². The van der Waals surface area contributed by atoms with Crippen molar-refractivity contribution in [1.82, 2.24) is 10.4 Å². The molecular weight excluding hydrogens is 270 g/mol. The molecule has 1 aliphatic carbocycles. The van der Waals surface area contributed by atoms with Gasteiger partial charge in [0.2, 0.25) is 5.91 Å². The summed E-state index contributed by atoms with van der Waals surface area (Å²) in [6.07, 6.45) is 1.94. The highest BCUT2D eigenvalue weighted by Gasteiger charge is 2.16. The lowest BCUT2D eigenvalue weighted by Crippen LogP contribution is -2.21. The van der Waals surface area contributed by atoms with Gasteiger partial charge in [-0.25, -0.2) is 10.4 Å². The molecule has 5 heteroatoms. The van der Waals surface area contributed by atoms with Crippen LogP contribution in [0.1, 0.15) is 21.8 Å². The summed E-state index contributed by atoms with van der Waals surface area (Å²) in [6.45, 7) is 1.93. The van der Waals surface area contributed by atoms with Crippen LogP contribution in [0.15, 0.2) is 34.7 Å². The van der Waals surface area contributed by atoms with E-state index in [4.69, 9.17) is 0 Å². The molecule has 1 amide bonds. The molecule has 1 heterocycles. The standard InChI is InChI=1S/C15H15N3OS/c1-10-16-14(9-20-10)8-15(19)18-17-13-6-11-4-2-3-5-12(11)7-13/h2-5,9H,6-8H2,1H3,(H,18,19). The van der Waals surface area contributed by atoms with Crippen molar-refractivity contribution < 1.29 is 4.79 Å². The number of thiazole rings is 1. The predicted octanol–water partition coefficient (Wildman–Crippen LogP) is 2.27. The maximum absolute atomic E-state index is 11.8. The Labute approximate surface area is 121 Å². The molecule has 0 saturated carbocycles. The number of carbonyl (C=O) groups excluding carboxylic acids is 1. The van der Waals surface area contributed by atoms with Gasteiger partial charge in [0.1, 0.15) is 0 Å². The van der Waals surface area contributed by atoms with E-state index in [1.807, 2.05) is 24.4 Å². The van der Waals surface area contributed by atoms with Crippen molar-refractivity contribution in [2.45, 2.75) is 26.2 Å². The lowest BCUT2D eigenvalue weighted by molar-refractivity contribution is -0.120. The van der Waals surface area contributed by atoms with E-state index in [-0.39, 0.29) is 12.3 Å². The quantitative estimate of drug-likeness (QED) is 0.880. The normalized spacial score (nSPS) is 13.2. The van der Waals surface area contributed by atoms with Crippen molar-refractivity contribution in [1.29, 1.82) is 0 Å². The zero-order valence-electron chi connectivity index (χ0n) is 11.2. The van der Waals surface area contributed by atoms with Crippen LogP contribution in [0.25, 0.3) is 0 Å². The van der Waals surface area contributed by atoms with Crippen molar-refractivity contribution in [2.24, 2.45) is 5.10 Å². The van der Waals surface area contributed by atoms with Crippen LogP contribution in [0, 0.1) is 6.92 Å². The third kappa shape index (κ3) is 2.93. The monoisotopic (exact) mass is 285 g/mol. The van der Waals surface area contributed by atoms with Gasteiger partial charge in [0.15, 0.2) is 0 Å². The van der Waals surface area contributed by atoms with Gasteiger partial charge < -0.3 is 0 Å². The molecule has 4 nitrogen and oxygen atoms in total. The molecule has 3 rings (SSSR count). The number of nitrogens with one attached hydrogen (secondary N) is 1. The number of aromatic nitrogens is 1. The number of hydrogen-bond acceptors (Lipinski definition) is 4. The Hall–Kier alpha value is -2.01. The van der Waals surface area contributed by atoms with Crippen LogP contribution in [0.2, 0.25) is 0 Å². The van der Waals surface area contributed by atoms with Crippen LogP contribution in [-0.4, -0.2) is 16.6 Å². The minimum atomic E-state index is -0.112. The molecule has 20 heavy (non-hydrogen) atoms. The third-order valence-electron chi connectivity index (χ3n) is 3.25. The topological polar surface area (TPSA) is 54.4 Å². The lowest BCUT2D eigenvalue weighted by Gasteiger charge is -1.99. The first-order chi connectivity index (χ1) is 9.70. The number of rotatable bonds is 3. The van der Waals surface area contributed by atoms with E-state index >= 15 is 0 Å². The Morgan fingerprint density at radius 1 is 1.35 bits per heavy atom. The molecule has 0 aliphatic heterocycles. The minimum absolute atomic E-state index is 0.112. The van der Waals surface area contributed by atoms with E-state index in [0.717, 1.165) is 29.3 Å². The van der Waals surface area contributed by atoms with Crippen molar-refractivity contribution >= 4 is 23.0 Å². The molecule has 102 valence electrons. The largest absolute Gasteiger partial charge is 0.273 e. The highest BCUT2D eigenvalue weighted by molar-refractivity contribution is 7.09. The fourth-order valence-electron chi connectivity index (χ4n) is 2.32. The van der Waals surface area contributed by atoms with E-state index in [1.165, 1.54) is 11.1 Å². The highest BCUT2D eigenvalue weighted by atomic mass is 32.1. The molecular formula is C15H15N3OS. The second-order valence-electron chi connectivity index (χ2n) is 4.87. The van der Waals surface area contributed by atoms with Gasteiger partial charge in [0, 0.05) is 23.9 Å². The number of hydrogen-bond donors (Lipinski definition) is 1. The molecule has 1 N–H and O–H groups in total. The van der Waals surface area contributed by atoms with Crippen molar-refractivity contribution in [3.05, 3.63) is 51.5 Å². The van der Waals surface area contributed by atoms with E-state index < -0.39 is 0 Å². The van der Waals surface area contributed by atoms with Crippen LogP contribution in [0.5, 0.6) is 0 Å². The van der Waals surface area contributed by atoms with Crippen LogP contribution in [0.3, 0.4) is 0 Å². The summed E-state index contributed by atoms with van der Waals surface area (Å²) in [4.78, 5) is 16.1. The van der Waals surface area contributed by atoms with Gasteiger partial charge in [0.25, 0.3) is 0 Å². The number of benzene rings is 1. The summed E-state index contributed by atoms with van der Waals surface area (Å²) < 4.78 is 0. The Bertz CT molecular complexity index is 648. The number of hydrazone groups is 1. The lowest BCUT2D eigenvalue weighted by atomic mass is 10.1. The maximum atomic E-state index is 11.8. The van der Waals surface area contributed by atoms with Gasteiger partial charge in [-0.15, -0.1) is 11.3 Å². The zero-order chi connectivity index (χ0) is 13.9. The SMILES string of the molecule is Cc1nc(CC(=O)NN=C2Cc3ccccc3C2)cs1. The van der Waals surface area contributed by atoms with E-state index in [0.29, 0.717) is 0 Å². The van der Waals surface area contributed by atoms with E-state index in [1.54, 1.807) is 11.3 Å². The summed E-state index contributed by atoms with van der Waals surface area (Å²) in [5.41, 5.74) is 7.05. The zero-order valence-corrected chi connectivity index (χ0v) is 12.0. The van der Waals surface area contributed by atoms with Gasteiger partial charge >= 0.3 is 0 Å². The van der Waals surface area contributed by atoms with Crippen LogP contribution < -0.4 is 5.43 Å². The first kappa shape index (κ1) is 13.0. The molecule has 0 fully saturated rings. The van der Waals surface area contributed by atoms with E-state index in [9.17, 15) is 4.79 Å². The fraction of sp³-hybridized carbons (Fsp3) is 0.267. The van der Waals surface area contributed by atoms with Gasteiger partial charge in [0.05, 0.1) is 17.1 Å². The smallest absolute Gasteiger partial charge is 0.246 e. The molecule has 0 bridgehead atoms. The Balaban J connectivity index is 1.57. The van der Waals surface area contributed by atoms with Crippen molar-refractivity contribution in [2.75, 3.05) is 0 Å². The predicted molar refractivity (Wildman–Crippen MR) is 80.0 cm³/mol. The Morgan fingerprint density at radius 3 is 2.65 bits per heavy atom. The summed E-state index contributed by atoms with van der Waals surface area (Å²) in [7, 11) is 0. The summed E-state index contributed by atoms with van der Waals surface area (Å²) in [5, 5.41) is 7.12. The third-order valence-corrected chi connectivity index (χ3v) is 4.08. The number of nitrogens with zero attached hydrogens (tertiary/aromatic N) is 2. The molecule has 1 aliphatic rings. The van der Waals surface area contributed by atoms with E-state index in [2.05, 4.69) is 27.6 Å². The van der Waals surface area contributed by atoms with Crippen LogP contribution in [0.4, 0.5) is 0 Å². The second kappa shape index (κ2) is 5.54. The molecule has 2 aromatic rings.